The van der Waals surface area contributed by atoms with Crippen molar-refractivity contribution < 1.29 is 28.7 Å². The molecule has 4 amide bonds. The molecule has 206 valence electrons. The van der Waals surface area contributed by atoms with Gasteiger partial charge in [0.2, 0.25) is 18.6 Å². The standard InChI is InChI=1S/C30H24N4O6S/c1-18-22(14-26-29(37)34(30(38)41-26)16-28(36)31-19-7-3-2-4-8-19)21-9-5-6-10-23(21)33(18)15-27(35)32-20-11-12-24-25(13-20)40-17-39-24/h2-14H,15-17H2,1H3,(H,31,36)(H,32,35)/b26-14-. The molecule has 2 N–H and O–H groups in total. The molecule has 2 aliphatic rings. The zero-order chi connectivity index (χ0) is 28.5. The highest BCUT2D eigenvalue weighted by Crippen LogP contribution is 2.36. The summed E-state index contributed by atoms with van der Waals surface area (Å²) in [5.74, 6) is -0.0645. The fourth-order valence-corrected chi connectivity index (χ4v) is 5.62. The molecule has 1 saturated heterocycles. The minimum Gasteiger partial charge on any atom is -0.454 e. The number of thioether (sulfide) groups is 1. The Morgan fingerprint density at radius 3 is 2.41 bits per heavy atom. The zero-order valence-electron chi connectivity index (χ0n) is 21.9. The van der Waals surface area contributed by atoms with Crippen LogP contribution in [-0.4, -0.2) is 45.8 Å². The number of fused-ring (bicyclic) bond motifs is 2. The number of ether oxygens (including phenoxy) is 2. The number of amides is 4. The molecule has 0 radical (unpaired) electrons. The third-order valence-electron chi connectivity index (χ3n) is 6.75. The third-order valence-corrected chi connectivity index (χ3v) is 7.65. The minimum absolute atomic E-state index is 0.0236. The number of carbonyl (C=O) groups excluding carboxylic acids is 4. The Balaban J connectivity index is 1.22. The number of carbonyl (C=O) groups is 4. The highest BCUT2D eigenvalue weighted by atomic mass is 32.2. The average Bonchev–Trinajstić information content (AvgIpc) is 3.61. The van der Waals surface area contributed by atoms with Gasteiger partial charge >= 0.3 is 0 Å². The molecule has 3 heterocycles. The summed E-state index contributed by atoms with van der Waals surface area (Å²) in [4.78, 5) is 52.5. The Hall–Kier alpha value is -5.03. The van der Waals surface area contributed by atoms with Gasteiger partial charge in [-0.05, 0) is 55.1 Å². The van der Waals surface area contributed by atoms with Crippen molar-refractivity contribution in [3.8, 4) is 11.5 Å². The van der Waals surface area contributed by atoms with E-state index < -0.39 is 23.6 Å². The normalized spacial score (nSPS) is 15.1. The topological polar surface area (TPSA) is 119 Å². The molecule has 0 saturated carbocycles. The number of rotatable bonds is 7. The van der Waals surface area contributed by atoms with Crippen LogP contribution in [-0.2, 0) is 20.9 Å². The summed E-state index contributed by atoms with van der Waals surface area (Å²) in [5, 5.41) is 5.89. The van der Waals surface area contributed by atoms with Crippen molar-refractivity contribution in [3.63, 3.8) is 0 Å². The summed E-state index contributed by atoms with van der Waals surface area (Å²) in [6, 6.07) is 21.6. The largest absolute Gasteiger partial charge is 0.454 e. The highest BCUT2D eigenvalue weighted by molar-refractivity contribution is 8.18. The van der Waals surface area contributed by atoms with Crippen LogP contribution in [0.4, 0.5) is 16.2 Å². The van der Waals surface area contributed by atoms with Crippen LogP contribution in [0.3, 0.4) is 0 Å². The van der Waals surface area contributed by atoms with E-state index in [1.165, 1.54) is 0 Å². The van der Waals surface area contributed by atoms with Gasteiger partial charge in [-0.1, -0.05) is 36.4 Å². The Bertz CT molecular complexity index is 1750. The van der Waals surface area contributed by atoms with Gasteiger partial charge in [0.15, 0.2) is 11.5 Å². The number of nitrogens with zero attached hydrogens (tertiary/aromatic N) is 2. The van der Waals surface area contributed by atoms with Crippen LogP contribution in [0.25, 0.3) is 17.0 Å². The SMILES string of the molecule is Cc1c(/C=C2\SC(=O)N(CC(=O)Nc3ccccc3)C2=O)c2ccccc2n1CC(=O)Nc1ccc2c(c1)OCO2. The molecule has 0 spiro atoms. The van der Waals surface area contributed by atoms with Crippen molar-refractivity contribution in [1.29, 1.82) is 0 Å². The van der Waals surface area contributed by atoms with Gasteiger partial charge in [-0.2, -0.15) is 0 Å². The molecule has 0 bridgehead atoms. The Morgan fingerprint density at radius 2 is 1.59 bits per heavy atom. The van der Waals surface area contributed by atoms with E-state index >= 15 is 0 Å². The van der Waals surface area contributed by atoms with E-state index in [4.69, 9.17) is 9.47 Å². The number of benzene rings is 3. The van der Waals surface area contributed by atoms with Crippen LogP contribution >= 0.6 is 11.8 Å². The predicted molar refractivity (Wildman–Crippen MR) is 156 cm³/mol. The summed E-state index contributed by atoms with van der Waals surface area (Å²) < 4.78 is 12.6. The second-order valence-electron chi connectivity index (χ2n) is 9.40. The first-order chi connectivity index (χ1) is 19.9. The molecule has 3 aromatic carbocycles. The molecule has 0 atom stereocenters. The van der Waals surface area contributed by atoms with Crippen molar-refractivity contribution >= 4 is 63.1 Å². The lowest BCUT2D eigenvalue weighted by molar-refractivity contribution is -0.127. The van der Waals surface area contributed by atoms with Crippen LogP contribution in [0.15, 0.2) is 77.7 Å². The van der Waals surface area contributed by atoms with Crippen LogP contribution in [0, 0.1) is 6.92 Å². The van der Waals surface area contributed by atoms with E-state index in [0.29, 0.717) is 22.9 Å². The van der Waals surface area contributed by atoms with Crippen LogP contribution in [0.2, 0.25) is 0 Å². The molecule has 41 heavy (non-hydrogen) atoms. The van der Waals surface area contributed by atoms with Crippen molar-refractivity contribution in [2.45, 2.75) is 13.5 Å². The van der Waals surface area contributed by atoms with Crippen LogP contribution < -0.4 is 20.1 Å². The summed E-state index contributed by atoms with van der Waals surface area (Å²) in [5.41, 5.74) is 3.43. The second-order valence-corrected chi connectivity index (χ2v) is 10.4. The smallest absolute Gasteiger partial charge is 0.294 e. The van der Waals surface area contributed by atoms with E-state index in [9.17, 15) is 19.2 Å². The van der Waals surface area contributed by atoms with E-state index in [-0.39, 0.29) is 24.2 Å². The number of hydrogen-bond donors (Lipinski definition) is 2. The molecule has 2 aliphatic heterocycles. The molecule has 4 aromatic rings. The summed E-state index contributed by atoms with van der Waals surface area (Å²) in [7, 11) is 0. The lowest BCUT2D eigenvalue weighted by atomic mass is 10.1. The Labute approximate surface area is 238 Å². The molecular weight excluding hydrogens is 544 g/mol. The highest BCUT2D eigenvalue weighted by Gasteiger charge is 2.36. The van der Waals surface area contributed by atoms with Crippen LogP contribution in [0.1, 0.15) is 11.3 Å². The van der Waals surface area contributed by atoms with Gasteiger partial charge in [0.1, 0.15) is 13.1 Å². The minimum atomic E-state index is -0.542. The molecule has 1 aromatic heterocycles. The van der Waals surface area contributed by atoms with Gasteiger partial charge in [0.25, 0.3) is 11.1 Å². The average molecular weight is 569 g/mol. The van der Waals surface area contributed by atoms with E-state index in [2.05, 4.69) is 10.6 Å². The number of para-hydroxylation sites is 2. The van der Waals surface area contributed by atoms with Gasteiger partial charge in [-0.25, -0.2) is 0 Å². The molecule has 0 aliphatic carbocycles. The van der Waals surface area contributed by atoms with Crippen molar-refractivity contribution in [1.82, 2.24) is 9.47 Å². The van der Waals surface area contributed by atoms with E-state index in [1.54, 1.807) is 48.5 Å². The second kappa shape index (κ2) is 10.9. The predicted octanol–water partition coefficient (Wildman–Crippen LogP) is 4.99. The first-order valence-electron chi connectivity index (χ1n) is 12.7. The number of hydrogen-bond acceptors (Lipinski definition) is 7. The maximum Gasteiger partial charge on any atom is 0.294 e. The molecule has 10 nitrogen and oxygen atoms in total. The van der Waals surface area contributed by atoms with Gasteiger partial charge < -0.3 is 24.7 Å². The fourth-order valence-electron chi connectivity index (χ4n) is 4.80. The summed E-state index contributed by atoms with van der Waals surface area (Å²) in [6.07, 6.45) is 1.66. The number of imide groups is 1. The quantitative estimate of drug-likeness (QED) is 0.302. The van der Waals surface area contributed by atoms with Gasteiger partial charge in [-0.3, -0.25) is 24.1 Å². The maximum atomic E-state index is 13.2. The fraction of sp³-hybridized carbons (Fsp3) is 0.133. The number of anilines is 2. The maximum absolute atomic E-state index is 13.2. The van der Waals surface area contributed by atoms with Crippen molar-refractivity contribution in [2.24, 2.45) is 0 Å². The summed E-state index contributed by atoms with van der Waals surface area (Å²) in [6.45, 7) is 1.63. The molecule has 0 unspecified atom stereocenters. The molecular formula is C30H24N4O6S. The van der Waals surface area contributed by atoms with Gasteiger partial charge in [0.05, 0.1) is 4.91 Å². The summed E-state index contributed by atoms with van der Waals surface area (Å²) >= 11 is 0.785. The lowest BCUT2D eigenvalue weighted by Crippen LogP contribution is -2.36. The van der Waals surface area contributed by atoms with E-state index in [1.807, 2.05) is 41.8 Å². The number of nitrogens with one attached hydrogen (secondary N) is 2. The number of aromatic nitrogens is 1. The van der Waals surface area contributed by atoms with E-state index in [0.717, 1.165) is 38.8 Å². The first-order valence-corrected chi connectivity index (χ1v) is 13.6. The molecule has 6 rings (SSSR count). The van der Waals surface area contributed by atoms with Gasteiger partial charge in [0, 0.05) is 39.6 Å². The first kappa shape index (κ1) is 26.2. The Kier molecular flexibility index (Phi) is 6.94. The lowest BCUT2D eigenvalue weighted by Gasteiger charge is -2.12. The van der Waals surface area contributed by atoms with Gasteiger partial charge in [-0.15, -0.1) is 0 Å². The van der Waals surface area contributed by atoms with Crippen molar-refractivity contribution in [3.05, 3.63) is 89.0 Å². The zero-order valence-corrected chi connectivity index (χ0v) is 22.7. The van der Waals surface area contributed by atoms with Crippen LogP contribution in [0.5, 0.6) is 11.5 Å². The Morgan fingerprint density at radius 1 is 0.878 bits per heavy atom. The molecule has 1 fully saturated rings. The third kappa shape index (κ3) is 5.27. The molecule has 11 heteroatoms. The van der Waals surface area contributed by atoms with Crippen molar-refractivity contribution in [2.75, 3.05) is 24.0 Å². The monoisotopic (exact) mass is 568 g/mol.